The fourth-order valence-corrected chi connectivity index (χ4v) is 0.730. The Morgan fingerprint density at radius 2 is 2.08 bits per heavy atom. The normalized spacial score (nSPS) is 12.2. The molecule has 0 saturated carbocycles. The van der Waals surface area contributed by atoms with E-state index in [0.717, 1.165) is 0 Å². The van der Waals surface area contributed by atoms with Crippen molar-refractivity contribution in [3.05, 3.63) is 0 Å². The minimum Gasteiger partial charge on any atom is -0.481 e. The van der Waals surface area contributed by atoms with Crippen LogP contribution in [0.2, 0.25) is 0 Å². The minimum absolute atomic E-state index is 0.0415. The Morgan fingerprint density at radius 1 is 1.50 bits per heavy atom. The third-order valence-electron chi connectivity index (χ3n) is 1.17. The zero-order valence-electron chi connectivity index (χ0n) is 6.95. The van der Waals surface area contributed by atoms with Crippen LogP contribution < -0.4 is 5.73 Å². The summed E-state index contributed by atoms with van der Waals surface area (Å²) in [5.74, 6) is -1.46. The predicted octanol–water partition coefficient (Wildman–Crippen LogP) is -0.258. The number of carbonyl (C=O) groups is 2. The fourth-order valence-electron chi connectivity index (χ4n) is 0.730. The molecule has 5 nitrogen and oxygen atoms in total. The lowest BCUT2D eigenvalue weighted by Crippen LogP contribution is -2.27. The second kappa shape index (κ2) is 5.54. The molecule has 1 atom stereocenters. The van der Waals surface area contributed by atoms with Gasteiger partial charge in [-0.1, -0.05) is 0 Å². The number of carboxylic acid groups (broad SMARTS) is 1. The number of esters is 1. The summed E-state index contributed by atoms with van der Waals surface area (Å²) in [6.45, 7) is 1.97. The molecule has 0 fully saturated rings. The summed E-state index contributed by atoms with van der Waals surface area (Å²) in [7, 11) is 0. The van der Waals surface area contributed by atoms with E-state index >= 15 is 0 Å². The Labute approximate surface area is 70.5 Å². The first kappa shape index (κ1) is 10.9. The lowest BCUT2D eigenvalue weighted by Gasteiger charge is -2.06. The van der Waals surface area contributed by atoms with Crippen LogP contribution in [0, 0.1) is 0 Å². The Hall–Kier alpha value is -1.10. The standard InChI is InChI=1S/C7H13NO4/c1-2-12-7(11)4-5(8)3-6(9)10/h5H,2-4,8H2,1H3,(H,9,10). The Morgan fingerprint density at radius 3 is 2.50 bits per heavy atom. The van der Waals surface area contributed by atoms with Gasteiger partial charge in [0.2, 0.25) is 0 Å². The van der Waals surface area contributed by atoms with Gasteiger partial charge in [-0.3, -0.25) is 9.59 Å². The molecule has 5 heteroatoms. The fraction of sp³-hybridized carbons (Fsp3) is 0.714. The number of ether oxygens (including phenoxy) is 1. The number of hydrogen-bond donors (Lipinski definition) is 2. The van der Waals surface area contributed by atoms with Crippen molar-refractivity contribution >= 4 is 11.9 Å². The van der Waals surface area contributed by atoms with Gasteiger partial charge in [0, 0.05) is 6.04 Å². The highest BCUT2D eigenvalue weighted by Crippen LogP contribution is 1.96. The van der Waals surface area contributed by atoms with E-state index < -0.39 is 18.0 Å². The summed E-state index contributed by atoms with van der Waals surface area (Å²) in [5.41, 5.74) is 5.32. The van der Waals surface area contributed by atoms with Crippen molar-refractivity contribution in [3.63, 3.8) is 0 Å². The van der Waals surface area contributed by atoms with Crippen LogP contribution in [0.25, 0.3) is 0 Å². The van der Waals surface area contributed by atoms with E-state index in [2.05, 4.69) is 4.74 Å². The maximum absolute atomic E-state index is 10.7. The van der Waals surface area contributed by atoms with Crippen LogP contribution in [-0.2, 0) is 14.3 Å². The molecule has 0 spiro atoms. The van der Waals surface area contributed by atoms with Crippen LogP contribution in [0.4, 0.5) is 0 Å². The molecule has 0 aromatic carbocycles. The molecule has 0 rings (SSSR count). The third-order valence-corrected chi connectivity index (χ3v) is 1.17. The zero-order valence-corrected chi connectivity index (χ0v) is 6.95. The molecule has 0 saturated heterocycles. The van der Waals surface area contributed by atoms with Gasteiger partial charge in [0.1, 0.15) is 0 Å². The van der Waals surface area contributed by atoms with Gasteiger partial charge in [-0.25, -0.2) is 0 Å². The second-order valence-electron chi connectivity index (χ2n) is 2.37. The van der Waals surface area contributed by atoms with Crippen LogP contribution in [0.1, 0.15) is 19.8 Å². The summed E-state index contributed by atoms with van der Waals surface area (Å²) < 4.78 is 4.58. The quantitative estimate of drug-likeness (QED) is 0.562. The van der Waals surface area contributed by atoms with Crippen molar-refractivity contribution in [2.24, 2.45) is 5.73 Å². The molecule has 1 unspecified atom stereocenters. The van der Waals surface area contributed by atoms with Gasteiger partial charge >= 0.3 is 11.9 Å². The van der Waals surface area contributed by atoms with E-state index in [9.17, 15) is 9.59 Å². The number of aliphatic carboxylic acids is 1. The molecule has 0 amide bonds. The molecule has 0 bridgehead atoms. The Kier molecular flexibility index (Phi) is 5.03. The third kappa shape index (κ3) is 5.67. The monoisotopic (exact) mass is 175 g/mol. The molecule has 12 heavy (non-hydrogen) atoms. The molecular formula is C7H13NO4. The number of carbonyl (C=O) groups excluding carboxylic acids is 1. The molecular weight excluding hydrogens is 162 g/mol. The first-order valence-electron chi connectivity index (χ1n) is 3.69. The number of hydrogen-bond acceptors (Lipinski definition) is 4. The maximum Gasteiger partial charge on any atom is 0.307 e. The second-order valence-corrected chi connectivity index (χ2v) is 2.37. The molecule has 70 valence electrons. The van der Waals surface area contributed by atoms with Crippen molar-refractivity contribution in [2.75, 3.05) is 6.61 Å². The van der Waals surface area contributed by atoms with E-state index in [0.29, 0.717) is 6.61 Å². The van der Waals surface area contributed by atoms with Gasteiger partial charge in [0.15, 0.2) is 0 Å². The summed E-state index contributed by atoms with van der Waals surface area (Å²) in [5, 5.41) is 8.29. The first-order chi connectivity index (χ1) is 5.56. The minimum atomic E-state index is -1.01. The maximum atomic E-state index is 10.7. The lowest BCUT2D eigenvalue weighted by atomic mass is 10.1. The van der Waals surface area contributed by atoms with Crippen LogP contribution in [-0.4, -0.2) is 29.7 Å². The summed E-state index contributed by atoms with van der Waals surface area (Å²) in [6, 6.07) is -0.651. The molecule has 0 aliphatic carbocycles. The van der Waals surface area contributed by atoms with Crippen molar-refractivity contribution in [3.8, 4) is 0 Å². The smallest absolute Gasteiger partial charge is 0.307 e. The molecule has 0 aromatic rings. The number of rotatable bonds is 5. The molecule has 0 aromatic heterocycles. The van der Waals surface area contributed by atoms with Crippen LogP contribution in [0.3, 0.4) is 0 Å². The van der Waals surface area contributed by atoms with Gasteiger partial charge in [-0.05, 0) is 6.92 Å². The van der Waals surface area contributed by atoms with Gasteiger partial charge in [0.05, 0.1) is 19.4 Å². The average Bonchev–Trinajstić information content (AvgIpc) is 1.84. The first-order valence-corrected chi connectivity index (χ1v) is 3.69. The average molecular weight is 175 g/mol. The molecule has 0 heterocycles. The summed E-state index contributed by atoms with van der Waals surface area (Å²) in [6.07, 6.45) is -0.251. The topological polar surface area (TPSA) is 89.6 Å². The van der Waals surface area contributed by atoms with Crippen molar-refractivity contribution in [1.82, 2.24) is 0 Å². The Balaban J connectivity index is 3.61. The van der Waals surface area contributed by atoms with Gasteiger partial charge in [0.25, 0.3) is 0 Å². The Bertz CT molecular complexity index is 169. The van der Waals surface area contributed by atoms with Crippen LogP contribution in [0.5, 0.6) is 0 Å². The summed E-state index contributed by atoms with van der Waals surface area (Å²) >= 11 is 0. The molecule has 0 aliphatic rings. The number of carboxylic acids is 1. The van der Waals surface area contributed by atoms with E-state index in [1.54, 1.807) is 6.92 Å². The zero-order chi connectivity index (χ0) is 9.56. The van der Waals surface area contributed by atoms with E-state index in [-0.39, 0.29) is 12.8 Å². The van der Waals surface area contributed by atoms with Gasteiger partial charge in [-0.2, -0.15) is 0 Å². The number of nitrogens with two attached hydrogens (primary N) is 1. The predicted molar refractivity (Wildman–Crippen MR) is 41.5 cm³/mol. The molecule has 3 N–H and O–H groups in total. The van der Waals surface area contributed by atoms with Crippen LogP contribution >= 0.6 is 0 Å². The van der Waals surface area contributed by atoms with Crippen molar-refractivity contribution in [2.45, 2.75) is 25.8 Å². The summed E-state index contributed by atoms with van der Waals surface area (Å²) in [4.78, 5) is 20.9. The highest BCUT2D eigenvalue weighted by Gasteiger charge is 2.13. The molecule has 0 radical (unpaired) electrons. The largest absolute Gasteiger partial charge is 0.481 e. The highest BCUT2D eigenvalue weighted by atomic mass is 16.5. The molecule has 0 aliphatic heterocycles. The highest BCUT2D eigenvalue weighted by molar-refractivity contribution is 5.72. The van der Waals surface area contributed by atoms with Gasteiger partial charge < -0.3 is 15.6 Å². The van der Waals surface area contributed by atoms with Crippen molar-refractivity contribution in [1.29, 1.82) is 0 Å². The van der Waals surface area contributed by atoms with E-state index in [4.69, 9.17) is 10.8 Å². The van der Waals surface area contributed by atoms with E-state index in [1.165, 1.54) is 0 Å². The lowest BCUT2D eigenvalue weighted by molar-refractivity contribution is -0.144. The van der Waals surface area contributed by atoms with Gasteiger partial charge in [-0.15, -0.1) is 0 Å². The van der Waals surface area contributed by atoms with Crippen molar-refractivity contribution < 1.29 is 19.4 Å². The van der Waals surface area contributed by atoms with E-state index in [1.807, 2.05) is 0 Å². The SMILES string of the molecule is CCOC(=O)CC(N)CC(=O)O. The van der Waals surface area contributed by atoms with Crippen LogP contribution in [0.15, 0.2) is 0 Å².